The van der Waals surface area contributed by atoms with Crippen LogP contribution in [0.3, 0.4) is 0 Å². The minimum absolute atomic E-state index is 0.198. The number of allylic oxidation sites excluding steroid dienone is 1. The van der Waals surface area contributed by atoms with Crippen LogP contribution in [0.4, 0.5) is 0 Å². The second-order valence-corrected chi connectivity index (χ2v) is 2.00. The highest BCUT2D eigenvalue weighted by Crippen LogP contribution is 1.86. The Labute approximate surface area is 77.5 Å². The lowest BCUT2D eigenvalue weighted by atomic mass is 10.3. The lowest BCUT2D eigenvalue weighted by Gasteiger charge is -1.83. The Morgan fingerprint density at radius 3 is 2.08 bits per heavy atom. The molecule has 0 aliphatic heterocycles. The fourth-order valence-electron chi connectivity index (χ4n) is 0.343. The number of ether oxygens (including phenoxy) is 1. The van der Waals surface area contributed by atoms with Gasteiger partial charge in [-0.2, -0.15) is 0 Å². The largest absolute Gasteiger partial charge is 0.481 e. The molecule has 0 aliphatic carbocycles. The summed E-state index contributed by atoms with van der Waals surface area (Å²) in [5.41, 5.74) is 0. The van der Waals surface area contributed by atoms with Crippen molar-refractivity contribution in [2.75, 3.05) is 0 Å². The molecule has 4 heteroatoms. The van der Waals surface area contributed by atoms with Crippen LogP contribution in [0.2, 0.25) is 0 Å². The highest BCUT2D eigenvalue weighted by molar-refractivity contribution is 5.66. The van der Waals surface area contributed by atoms with Gasteiger partial charge in [-0.1, -0.05) is 12.7 Å². The van der Waals surface area contributed by atoms with E-state index in [4.69, 9.17) is 5.11 Å². The Morgan fingerprint density at radius 2 is 2.00 bits per heavy atom. The Bertz CT molecular complexity index is 184. The van der Waals surface area contributed by atoms with E-state index in [9.17, 15) is 9.59 Å². The number of carboxylic acids is 1. The molecule has 0 radical (unpaired) electrons. The summed E-state index contributed by atoms with van der Waals surface area (Å²) in [6.07, 6.45) is 3.45. The second kappa shape index (κ2) is 10.4. The second-order valence-electron chi connectivity index (χ2n) is 2.00. The summed E-state index contributed by atoms with van der Waals surface area (Å²) in [6.45, 7) is 7.85. The summed E-state index contributed by atoms with van der Waals surface area (Å²) in [5, 5.41) is 8.00. The molecule has 0 atom stereocenters. The molecule has 0 saturated heterocycles. The zero-order valence-electron chi connectivity index (χ0n) is 7.66. The maximum atomic E-state index is 9.75. The minimum atomic E-state index is -0.764. The van der Waals surface area contributed by atoms with Gasteiger partial charge in [0.1, 0.15) is 0 Å². The van der Waals surface area contributed by atoms with Gasteiger partial charge in [0.15, 0.2) is 0 Å². The standard InChI is InChI=1S/C5H8O2.C4H6O2/c1-2-3-4-5(6)7;1-3-6-4(2)5/h2H,1,3-4H2,(H,6,7);3H,1H2,2H3. The van der Waals surface area contributed by atoms with Crippen LogP contribution in [0.5, 0.6) is 0 Å². The normalized spacial score (nSPS) is 7.46. The molecule has 0 saturated carbocycles. The van der Waals surface area contributed by atoms with Gasteiger partial charge in [-0.25, -0.2) is 0 Å². The number of aliphatic carboxylic acids is 1. The van der Waals surface area contributed by atoms with E-state index >= 15 is 0 Å². The Balaban J connectivity index is 0. The molecule has 0 amide bonds. The molecule has 13 heavy (non-hydrogen) atoms. The maximum Gasteiger partial charge on any atom is 0.307 e. The van der Waals surface area contributed by atoms with E-state index in [1.807, 2.05) is 0 Å². The van der Waals surface area contributed by atoms with Gasteiger partial charge >= 0.3 is 11.9 Å². The molecule has 4 nitrogen and oxygen atoms in total. The van der Waals surface area contributed by atoms with Crippen molar-refractivity contribution in [3.63, 3.8) is 0 Å². The summed E-state index contributed by atoms with van der Waals surface area (Å²) < 4.78 is 4.17. The molecule has 0 aliphatic rings. The third kappa shape index (κ3) is 25.1. The molecule has 0 bridgehead atoms. The van der Waals surface area contributed by atoms with E-state index in [1.54, 1.807) is 6.08 Å². The average Bonchev–Trinajstić information content (AvgIpc) is 2.01. The van der Waals surface area contributed by atoms with Crippen LogP contribution in [0.15, 0.2) is 25.5 Å². The first-order chi connectivity index (χ1) is 6.04. The number of carbonyl (C=O) groups excluding carboxylic acids is 1. The van der Waals surface area contributed by atoms with Crippen molar-refractivity contribution < 1.29 is 19.4 Å². The number of esters is 1. The smallest absolute Gasteiger partial charge is 0.307 e. The van der Waals surface area contributed by atoms with Gasteiger partial charge in [-0.3, -0.25) is 9.59 Å². The van der Waals surface area contributed by atoms with Crippen LogP contribution in [0.25, 0.3) is 0 Å². The van der Waals surface area contributed by atoms with E-state index in [2.05, 4.69) is 17.9 Å². The van der Waals surface area contributed by atoms with Crippen LogP contribution < -0.4 is 0 Å². The first-order valence-corrected chi connectivity index (χ1v) is 3.65. The van der Waals surface area contributed by atoms with Crippen molar-refractivity contribution >= 4 is 11.9 Å². The molecular weight excluding hydrogens is 172 g/mol. The predicted molar refractivity (Wildman–Crippen MR) is 49.0 cm³/mol. The molecule has 0 unspecified atom stereocenters. The van der Waals surface area contributed by atoms with Crippen LogP contribution in [-0.2, 0) is 14.3 Å². The SMILES string of the molecule is C=CCCC(=O)O.C=COC(C)=O. The van der Waals surface area contributed by atoms with Crippen molar-refractivity contribution in [1.82, 2.24) is 0 Å². The van der Waals surface area contributed by atoms with Gasteiger partial charge in [0.25, 0.3) is 0 Å². The third-order valence-corrected chi connectivity index (χ3v) is 0.812. The highest BCUT2D eigenvalue weighted by Gasteiger charge is 1.89. The Hall–Kier alpha value is -1.58. The van der Waals surface area contributed by atoms with E-state index in [0.29, 0.717) is 6.42 Å². The molecule has 74 valence electrons. The van der Waals surface area contributed by atoms with Crippen molar-refractivity contribution in [2.24, 2.45) is 0 Å². The van der Waals surface area contributed by atoms with Crippen LogP contribution >= 0.6 is 0 Å². The Kier molecular flexibility index (Phi) is 11.2. The van der Waals surface area contributed by atoms with Crippen molar-refractivity contribution in [3.8, 4) is 0 Å². The zero-order valence-corrected chi connectivity index (χ0v) is 7.66. The lowest BCUT2D eigenvalue weighted by Crippen LogP contribution is -1.90. The monoisotopic (exact) mass is 186 g/mol. The quantitative estimate of drug-likeness (QED) is 0.412. The van der Waals surface area contributed by atoms with E-state index < -0.39 is 5.97 Å². The highest BCUT2D eigenvalue weighted by atomic mass is 16.5. The van der Waals surface area contributed by atoms with Gasteiger partial charge in [0, 0.05) is 13.3 Å². The van der Waals surface area contributed by atoms with Crippen LogP contribution in [-0.4, -0.2) is 17.0 Å². The predicted octanol–water partition coefficient (Wildman–Crippen LogP) is 1.73. The average molecular weight is 186 g/mol. The van der Waals surface area contributed by atoms with Gasteiger partial charge in [-0.15, -0.1) is 6.58 Å². The summed E-state index contributed by atoms with van der Waals surface area (Å²) >= 11 is 0. The topological polar surface area (TPSA) is 63.6 Å². The van der Waals surface area contributed by atoms with Crippen molar-refractivity contribution in [2.45, 2.75) is 19.8 Å². The number of hydrogen-bond donors (Lipinski definition) is 1. The van der Waals surface area contributed by atoms with Gasteiger partial charge in [0.05, 0.1) is 6.26 Å². The Morgan fingerprint density at radius 1 is 1.46 bits per heavy atom. The summed E-state index contributed by atoms with van der Waals surface area (Å²) in [4.78, 5) is 19.5. The molecule has 1 N–H and O–H groups in total. The number of carbonyl (C=O) groups is 2. The molecule has 0 aromatic carbocycles. The molecule has 0 aromatic heterocycles. The van der Waals surface area contributed by atoms with Gasteiger partial charge in [0.2, 0.25) is 0 Å². The number of rotatable bonds is 4. The summed E-state index contributed by atoms with van der Waals surface area (Å²) in [6, 6.07) is 0. The van der Waals surface area contributed by atoms with E-state index in [-0.39, 0.29) is 12.4 Å². The fourth-order valence-corrected chi connectivity index (χ4v) is 0.343. The molecule has 0 rings (SSSR count). The van der Waals surface area contributed by atoms with Crippen LogP contribution in [0, 0.1) is 0 Å². The first kappa shape index (κ1) is 14.0. The fraction of sp³-hybridized carbons (Fsp3) is 0.333. The maximum absolute atomic E-state index is 9.75. The molecule has 0 spiro atoms. The van der Waals surface area contributed by atoms with E-state index in [0.717, 1.165) is 6.26 Å². The van der Waals surface area contributed by atoms with E-state index in [1.165, 1.54) is 6.92 Å². The van der Waals surface area contributed by atoms with Crippen LogP contribution in [0.1, 0.15) is 19.8 Å². The van der Waals surface area contributed by atoms with Gasteiger partial charge in [-0.05, 0) is 6.42 Å². The minimum Gasteiger partial charge on any atom is -0.481 e. The lowest BCUT2D eigenvalue weighted by molar-refractivity contribution is -0.137. The molecule has 0 aromatic rings. The zero-order chi connectivity index (χ0) is 10.7. The summed E-state index contributed by atoms with van der Waals surface area (Å²) in [7, 11) is 0. The molecule has 0 fully saturated rings. The molecular formula is C9H14O4. The third-order valence-electron chi connectivity index (χ3n) is 0.812. The first-order valence-electron chi connectivity index (χ1n) is 3.65. The molecule has 0 heterocycles. The van der Waals surface area contributed by atoms with Crippen molar-refractivity contribution in [3.05, 3.63) is 25.5 Å². The summed E-state index contributed by atoms with van der Waals surface area (Å²) in [5.74, 6) is -1.09. The number of hydrogen-bond acceptors (Lipinski definition) is 3. The van der Waals surface area contributed by atoms with Gasteiger partial charge < -0.3 is 9.84 Å². The van der Waals surface area contributed by atoms with Crippen molar-refractivity contribution in [1.29, 1.82) is 0 Å². The number of carboxylic acid groups (broad SMARTS) is 1.